The van der Waals surface area contributed by atoms with Crippen molar-refractivity contribution in [3.05, 3.63) is 0 Å². The number of nitrogens with zero attached hydrogens (tertiary/aromatic N) is 3. The number of carbonyl (C=O) groups is 4. The molecule has 0 saturated heterocycles. The van der Waals surface area contributed by atoms with Gasteiger partial charge in [-0.25, -0.2) is 0 Å². The summed E-state index contributed by atoms with van der Waals surface area (Å²) >= 11 is 0. The van der Waals surface area contributed by atoms with Crippen LogP contribution in [-0.4, -0.2) is 209 Å². The van der Waals surface area contributed by atoms with E-state index in [1.807, 2.05) is 14.7 Å². The maximum Gasteiger partial charge on any atom is 0.234 e. The Morgan fingerprint density at radius 1 is 0.385 bits per heavy atom. The van der Waals surface area contributed by atoms with E-state index in [9.17, 15) is 19.2 Å². The third-order valence-corrected chi connectivity index (χ3v) is 7.23. The number of nitrogens with one attached hydrogen (secondary N) is 4. The largest absolute Gasteiger partial charge is 0.379 e. The summed E-state index contributed by atoms with van der Waals surface area (Å²) in [5, 5.41) is 11.4. The first kappa shape index (κ1) is 49.4. The molecule has 20 nitrogen and oxygen atoms in total. The van der Waals surface area contributed by atoms with Crippen LogP contribution in [-0.2, 0) is 38.1 Å². The fourth-order valence-corrected chi connectivity index (χ4v) is 4.67. The fraction of sp³-hybridized carbons (Fsp3) is 0.875. The van der Waals surface area contributed by atoms with Gasteiger partial charge in [0.05, 0.1) is 72.5 Å². The zero-order chi connectivity index (χ0) is 38.5. The molecule has 306 valence electrons. The van der Waals surface area contributed by atoms with Crippen LogP contribution in [0.4, 0.5) is 0 Å². The molecule has 0 aliphatic carbocycles. The summed E-state index contributed by atoms with van der Waals surface area (Å²) in [4.78, 5) is 55.4. The van der Waals surface area contributed by atoms with Crippen molar-refractivity contribution >= 4 is 23.6 Å². The predicted molar refractivity (Wildman–Crippen MR) is 199 cm³/mol. The third kappa shape index (κ3) is 32.1. The van der Waals surface area contributed by atoms with Crippen LogP contribution in [0.5, 0.6) is 0 Å². The van der Waals surface area contributed by atoms with E-state index >= 15 is 0 Å². The van der Waals surface area contributed by atoms with Gasteiger partial charge in [0.2, 0.25) is 23.6 Å². The quantitative estimate of drug-likeness (QED) is 0.0266. The molecule has 20 heteroatoms. The highest BCUT2D eigenvalue weighted by Gasteiger charge is 2.14. The van der Waals surface area contributed by atoms with Crippen LogP contribution in [0.3, 0.4) is 0 Å². The molecule has 0 bridgehead atoms. The topological polar surface area (TPSA) is 293 Å². The molecule has 0 heterocycles. The number of amides is 4. The summed E-state index contributed by atoms with van der Waals surface area (Å²) in [7, 11) is 0. The van der Waals surface area contributed by atoms with Gasteiger partial charge in [0.25, 0.3) is 0 Å². The Morgan fingerprint density at radius 3 is 1.10 bits per heavy atom. The van der Waals surface area contributed by atoms with E-state index in [2.05, 4.69) is 21.3 Å². The van der Waals surface area contributed by atoms with Gasteiger partial charge in [-0.1, -0.05) is 0 Å². The summed E-state index contributed by atoms with van der Waals surface area (Å²) in [5.41, 5.74) is 27.9. The zero-order valence-electron chi connectivity index (χ0n) is 31.3. The molecule has 0 aromatic carbocycles. The normalized spacial score (nSPS) is 11.4. The van der Waals surface area contributed by atoms with Crippen molar-refractivity contribution in [1.29, 1.82) is 0 Å². The highest BCUT2D eigenvalue weighted by molar-refractivity contribution is 5.79. The SMILES string of the molecule is NCCOCCOCCOCCOCCC(=O)NCCCNC(=O)CN(CCNC(=O)CN(CCN)CCN)CCNC(=O)CN(CCN)CCN. The molecule has 0 atom stereocenters. The standard InChI is InChI=1S/C32H70N12O8/c33-3-12-42(13-4-34)26-31(47)40-10-16-44(17-11-41-32(48)27-43(14-5-35)15-6-36)28-30(46)39-9-1-8-38-29(45)2-18-49-20-22-51-24-25-52-23-21-50-19-7-37/h1-28,33-37H2,(H,38,45)(H,39,46)(H,40,47)(H,41,48). The van der Waals surface area contributed by atoms with E-state index in [0.717, 1.165) is 0 Å². The molecule has 14 N–H and O–H groups in total. The second kappa shape index (κ2) is 36.7. The van der Waals surface area contributed by atoms with Gasteiger partial charge in [0.1, 0.15) is 0 Å². The summed E-state index contributed by atoms with van der Waals surface area (Å²) in [6.07, 6.45) is 0.764. The molecule has 0 saturated carbocycles. The van der Waals surface area contributed by atoms with Gasteiger partial charge in [-0.05, 0) is 6.42 Å². The summed E-state index contributed by atoms with van der Waals surface area (Å²) in [6, 6.07) is 0. The van der Waals surface area contributed by atoms with Crippen LogP contribution in [0.2, 0.25) is 0 Å². The van der Waals surface area contributed by atoms with Gasteiger partial charge < -0.3 is 68.9 Å². The molecular weight excluding hydrogens is 680 g/mol. The van der Waals surface area contributed by atoms with Gasteiger partial charge in [0.15, 0.2) is 0 Å². The van der Waals surface area contributed by atoms with Crippen LogP contribution in [0.1, 0.15) is 12.8 Å². The van der Waals surface area contributed by atoms with E-state index in [1.54, 1.807) is 0 Å². The van der Waals surface area contributed by atoms with Gasteiger partial charge >= 0.3 is 0 Å². The molecule has 52 heavy (non-hydrogen) atoms. The lowest BCUT2D eigenvalue weighted by Crippen LogP contribution is -2.47. The van der Waals surface area contributed by atoms with Gasteiger partial charge in [-0.2, -0.15) is 0 Å². The maximum atomic E-state index is 12.8. The third-order valence-electron chi connectivity index (χ3n) is 7.23. The van der Waals surface area contributed by atoms with Crippen LogP contribution < -0.4 is 49.9 Å². The molecule has 0 spiro atoms. The fourth-order valence-electron chi connectivity index (χ4n) is 4.67. The lowest BCUT2D eigenvalue weighted by Gasteiger charge is -2.24. The molecule has 0 aromatic heterocycles. The molecule has 0 radical (unpaired) electrons. The van der Waals surface area contributed by atoms with Crippen LogP contribution in [0.25, 0.3) is 0 Å². The Kier molecular flexibility index (Phi) is 34.9. The maximum absolute atomic E-state index is 12.8. The molecule has 0 fully saturated rings. The minimum atomic E-state index is -0.211. The Hall–Kier alpha value is -2.60. The van der Waals surface area contributed by atoms with E-state index < -0.39 is 0 Å². The number of carbonyl (C=O) groups excluding carboxylic acids is 4. The van der Waals surface area contributed by atoms with E-state index in [0.29, 0.717) is 151 Å². The predicted octanol–water partition coefficient (Wildman–Crippen LogP) is -6.00. The summed E-state index contributed by atoms with van der Waals surface area (Å²) < 4.78 is 21.4. The van der Waals surface area contributed by atoms with Crippen LogP contribution in [0.15, 0.2) is 0 Å². The number of nitrogens with two attached hydrogens (primary N) is 5. The number of hydrogen-bond donors (Lipinski definition) is 9. The summed E-state index contributed by atoms with van der Waals surface area (Å²) in [6.45, 7) is 10.5. The average molecular weight is 751 g/mol. The van der Waals surface area contributed by atoms with Crippen molar-refractivity contribution in [2.24, 2.45) is 28.7 Å². The second-order valence-electron chi connectivity index (χ2n) is 11.7. The monoisotopic (exact) mass is 751 g/mol. The Bertz CT molecular complexity index is 848. The Balaban J connectivity index is 4.41. The minimum absolute atomic E-state index is 0.0648. The molecule has 0 rings (SSSR count). The van der Waals surface area contributed by atoms with Crippen molar-refractivity contribution in [3.8, 4) is 0 Å². The van der Waals surface area contributed by atoms with E-state index in [1.165, 1.54) is 0 Å². The van der Waals surface area contributed by atoms with Crippen molar-refractivity contribution in [2.75, 3.05) is 171 Å². The number of ether oxygens (including phenoxy) is 4. The van der Waals surface area contributed by atoms with E-state index in [4.69, 9.17) is 47.6 Å². The Labute approximate surface area is 309 Å². The molecule has 0 aromatic rings. The van der Waals surface area contributed by atoms with Crippen molar-refractivity contribution in [3.63, 3.8) is 0 Å². The summed E-state index contributed by atoms with van der Waals surface area (Å²) in [5.74, 6) is -0.686. The van der Waals surface area contributed by atoms with Crippen molar-refractivity contribution in [1.82, 2.24) is 36.0 Å². The lowest BCUT2D eigenvalue weighted by molar-refractivity contribution is -0.123. The second-order valence-corrected chi connectivity index (χ2v) is 11.7. The smallest absolute Gasteiger partial charge is 0.234 e. The highest BCUT2D eigenvalue weighted by Crippen LogP contribution is 1.92. The molecule has 0 aliphatic rings. The van der Waals surface area contributed by atoms with Gasteiger partial charge in [0, 0.05) is 105 Å². The lowest BCUT2D eigenvalue weighted by atomic mass is 10.3. The molecular formula is C32H70N12O8. The van der Waals surface area contributed by atoms with Crippen molar-refractivity contribution < 1.29 is 38.1 Å². The minimum Gasteiger partial charge on any atom is -0.379 e. The highest BCUT2D eigenvalue weighted by atomic mass is 16.6. The first-order valence-electron chi connectivity index (χ1n) is 18.3. The van der Waals surface area contributed by atoms with Crippen molar-refractivity contribution in [2.45, 2.75) is 12.8 Å². The first-order chi connectivity index (χ1) is 25.3. The van der Waals surface area contributed by atoms with E-state index in [-0.39, 0.29) is 56.3 Å². The van der Waals surface area contributed by atoms with Crippen LogP contribution >= 0.6 is 0 Å². The van der Waals surface area contributed by atoms with Crippen LogP contribution in [0, 0.1) is 0 Å². The zero-order valence-corrected chi connectivity index (χ0v) is 31.3. The number of hydrogen-bond acceptors (Lipinski definition) is 16. The van der Waals surface area contributed by atoms with Gasteiger partial charge in [-0.3, -0.25) is 33.9 Å². The first-order valence-corrected chi connectivity index (χ1v) is 18.3. The molecule has 0 unspecified atom stereocenters. The average Bonchev–Trinajstić information content (AvgIpc) is 3.10. The number of rotatable bonds is 38. The Morgan fingerprint density at radius 2 is 0.712 bits per heavy atom. The molecule has 0 aliphatic heterocycles. The molecule has 4 amide bonds. The van der Waals surface area contributed by atoms with Gasteiger partial charge in [-0.15, -0.1) is 0 Å².